The summed E-state index contributed by atoms with van der Waals surface area (Å²) in [7, 11) is 0. The number of aryl methyl sites for hydroxylation is 2. The van der Waals surface area contributed by atoms with E-state index < -0.39 is 11.6 Å². The Morgan fingerprint density at radius 2 is 2.03 bits per heavy atom. The Hall–Kier alpha value is -2.67. The second-order valence-electron chi connectivity index (χ2n) is 7.78. The Bertz CT molecular complexity index is 952. The number of hydrogen-bond acceptors (Lipinski definition) is 4. The maximum Gasteiger partial charge on any atom is 0.325 e. The van der Waals surface area contributed by atoms with Crippen molar-refractivity contribution in [3.05, 3.63) is 57.3 Å². The zero-order valence-electron chi connectivity index (χ0n) is 16.7. The summed E-state index contributed by atoms with van der Waals surface area (Å²) in [5.74, 6) is -0.653. The van der Waals surface area contributed by atoms with Crippen LogP contribution in [0.3, 0.4) is 0 Å². The molecule has 29 heavy (non-hydrogen) atoms. The zero-order chi connectivity index (χ0) is 20.6. The largest absolute Gasteiger partial charge is 0.348 e. The average Bonchev–Trinajstić information content (AvgIpc) is 3.28. The number of benzene rings is 1. The van der Waals surface area contributed by atoms with Gasteiger partial charge in [-0.05, 0) is 49.6 Å². The quantitative estimate of drug-likeness (QED) is 0.740. The van der Waals surface area contributed by atoms with Crippen LogP contribution in [0, 0.1) is 6.92 Å². The number of fused-ring (bicyclic) bond motifs is 2. The molecule has 1 spiro atoms. The minimum absolute atomic E-state index is 0.156. The molecular weight excluding hydrogens is 386 g/mol. The van der Waals surface area contributed by atoms with Crippen LogP contribution in [-0.2, 0) is 21.5 Å². The van der Waals surface area contributed by atoms with Crippen molar-refractivity contribution in [3.8, 4) is 0 Å². The third kappa shape index (κ3) is 3.44. The monoisotopic (exact) mass is 411 g/mol. The summed E-state index contributed by atoms with van der Waals surface area (Å²) in [4.78, 5) is 40.7. The van der Waals surface area contributed by atoms with E-state index in [-0.39, 0.29) is 24.4 Å². The van der Waals surface area contributed by atoms with Crippen LogP contribution in [0.15, 0.2) is 35.7 Å². The van der Waals surface area contributed by atoms with Crippen molar-refractivity contribution in [2.24, 2.45) is 0 Å². The summed E-state index contributed by atoms with van der Waals surface area (Å²) in [5, 5.41) is 7.81. The fraction of sp³-hybridized carbons (Fsp3) is 0.409. The maximum atomic E-state index is 13.2. The van der Waals surface area contributed by atoms with E-state index in [4.69, 9.17) is 0 Å². The van der Waals surface area contributed by atoms with Crippen LogP contribution in [0.1, 0.15) is 53.8 Å². The summed E-state index contributed by atoms with van der Waals surface area (Å²) in [6.45, 7) is 3.74. The van der Waals surface area contributed by atoms with Crippen LogP contribution in [-0.4, -0.2) is 29.3 Å². The first-order chi connectivity index (χ1) is 13.9. The molecule has 152 valence electrons. The van der Waals surface area contributed by atoms with Crippen molar-refractivity contribution in [2.75, 3.05) is 6.54 Å². The van der Waals surface area contributed by atoms with Gasteiger partial charge >= 0.3 is 6.03 Å². The Morgan fingerprint density at radius 1 is 1.28 bits per heavy atom. The lowest BCUT2D eigenvalue weighted by Crippen LogP contribution is -2.47. The first-order valence-corrected chi connectivity index (χ1v) is 10.9. The molecular formula is C22H25N3O3S. The standard InChI is InChI=1S/C22H25N3O3S/c1-3-17(15-8-6-14(2)7-9-15)23-19(26)13-25-20(27)22(24-21(25)28)11-4-5-18-16(22)10-12-29-18/h6-10,12,17H,3-5,11,13H2,1-2H3,(H,23,26)(H,24,28)/t17-,22-/m0/s1. The molecule has 1 fully saturated rings. The van der Waals surface area contributed by atoms with Crippen LogP contribution in [0.2, 0.25) is 0 Å². The summed E-state index contributed by atoms with van der Waals surface area (Å²) >= 11 is 1.61. The van der Waals surface area contributed by atoms with E-state index in [0.717, 1.165) is 45.7 Å². The fourth-order valence-corrected chi connectivity index (χ4v) is 5.29. The summed E-state index contributed by atoms with van der Waals surface area (Å²) in [6.07, 6.45) is 3.05. The van der Waals surface area contributed by atoms with Crippen molar-refractivity contribution < 1.29 is 14.4 Å². The van der Waals surface area contributed by atoms with Crippen molar-refractivity contribution in [1.29, 1.82) is 0 Å². The lowest BCUT2D eigenvalue weighted by Gasteiger charge is -2.31. The van der Waals surface area contributed by atoms with Gasteiger partial charge in [-0.2, -0.15) is 0 Å². The van der Waals surface area contributed by atoms with E-state index in [9.17, 15) is 14.4 Å². The predicted molar refractivity (Wildman–Crippen MR) is 112 cm³/mol. The van der Waals surface area contributed by atoms with Gasteiger partial charge in [0.05, 0.1) is 6.04 Å². The van der Waals surface area contributed by atoms with E-state index in [1.165, 1.54) is 0 Å². The Morgan fingerprint density at radius 3 is 2.76 bits per heavy atom. The van der Waals surface area contributed by atoms with Gasteiger partial charge in [0.15, 0.2) is 0 Å². The molecule has 1 aromatic carbocycles. The molecule has 1 aromatic heterocycles. The third-order valence-electron chi connectivity index (χ3n) is 5.86. The maximum absolute atomic E-state index is 13.2. The number of rotatable bonds is 5. The molecule has 0 saturated carbocycles. The lowest BCUT2D eigenvalue weighted by atomic mass is 9.80. The van der Waals surface area contributed by atoms with Crippen molar-refractivity contribution in [2.45, 2.75) is 51.1 Å². The van der Waals surface area contributed by atoms with E-state index in [1.807, 2.05) is 49.6 Å². The molecule has 2 N–H and O–H groups in total. The van der Waals surface area contributed by atoms with Gasteiger partial charge in [-0.15, -0.1) is 11.3 Å². The average molecular weight is 412 g/mol. The first kappa shape index (κ1) is 19.6. The summed E-state index contributed by atoms with van der Waals surface area (Å²) < 4.78 is 0. The van der Waals surface area contributed by atoms with Gasteiger partial charge in [-0.3, -0.25) is 14.5 Å². The molecule has 1 aliphatic heterocycles. The molecule has 1 saturated heterocycles. The van der Waals surface area contributed by atoms with E-state index in [0.29, 0.717) is 6.42 Å². The lowest BCUT2D eigenvalue weighted by molar-refractivity contribution is -0.135. The highest BCUT2D eigenvalue weighted by Crippen LogP contribution is 2.42. The highest BCUT2D eigenvalue weighted by Gasteiger charge is 2.54. The Balaban J connectivity index is 1.48. The molecule has 2 atom stereocenters. The van der Waals surface area contributed by atoms with Gasteiger partial charge in [-0.1, -0.05) is 36.8 Å². The van der Waals surface area contributed by atoms with Gasteiger partial charge in [0.2, 0.25) is 5.91 Å². The van der Waals surface area contributed by atoms with Gasteiger partial charge in [0, 0.05) is 10.4 Å². The summed E-state index contributed by atoms with van der Waals surface area (Å²) in [5.41, 5.74) is 2.04. The van der Waals surface area contributed by atoms with E-state index in [2.05, 4.69) is 10.6 Å². The minimum Gasteiger partial charge on any atom is -0.348 e. The number of carbonyl (C=O) groups is 3. The molecule has 6 nitrogen and oxygen atoms in total. The number of urea groups is 1. The van der Waals surface area contributed by atoms with Crippen LogP contribution < -0.4 is 10.6 Å². The molecule has 0 radical (unpaired) electrons. The first-order valence-electron chi connectivity index (χ1n) is 10.0. The topological polar surface area (TPSA) is 78.5 Å². The number of hydrogen-bond donors (Lipinski definition) is 2. The van der Waals surface area contributed by atoms with Gasteiger partial charge in [0.1, 0.15) is 12.1 Å². The summed E-state index contributed by atoms with van der Waals surface area (Å²) in [6, 6.07) is 9.27. The van der Waals surface area contributed by atoms with Crippen molar-refractivity contribution in [1.82, 2.24) is 15.5 Å². The van der Waals surface area contributed by atoms with Crippen molar-refractivity contribution >= 4 is 29.2 Å². The number of imide groups is 1. The van der Waals surface area contributed by atoms with E-state index in [1.54, 1.807) is 11.3 Å². The molecule has 2 heterocycles. The number of nitrogens with one attached hydrogen (secondary N) is 2. The molecule has 2 aromatic rings. The second-order valence-corrected chi connectivity index (χ2v) is 8.78. The van der Waals surface area contributed by atoms with Crippen LogP contribution >= 0.6 is 11.3 Å². The van der Waals surface area contributed by atoms with Crippen LogP contribution in [0.5, 0.6) is 0 Å². The van der Waals surface area contributed by atoms with Gasteiger partial charge in [-0.25, -0.2) is 4.79 Å². The molecule has 0 bridgehead atoms. The highest BCUT2D eigenvalue weighted by atomic mass is 32.1. The third-order valence-corrected chi connectivity index (χ3v) is 6.84. The molecule has 4 rings (SSSR count). The molecule has 1 aliphatic carbocycles. The molecule has 0 unspecified atom stereocenters. The predicted octanol–water partition coefficient (Wildman–Crippen LogP) is 3.41. The fourth-order valence-electron chi connectivity index (χ4n) is 4.29. The van der Waals surface area contributed by atoms with Gasteiger partial charge < -0.3 is 10.6 Å². The minimum atomic E-state index is -1.01. The normalized spacial score (nSPS) is 21.8. The highest BCUT2D eigenvalue weighted by molar-refractivity contribution is 7.10. The number of amides is 4. The van der Waals surface area contributed by atoms with Crippen LogP contribution in [0.25, 0.3) is 0 Å². The molecule has 7 heteroatoms. The molecule has 4 amide bonds. The SMILES string of the molecule is CC[C@H](NC(=O)CN1C(=O)N[C@]2(CCCc3sccc32)C1=O)c1ccc(C)cc1. The van der Waals surface area contributed by atoms with Crippen molar-refractivity contribution in [3.63, 3.8) is 0 Å². The van der Waals surface area contributed by atoms with Gasteiger partial charge in [0.25, 0.3) is 5.91 Å². The molecule has 2 aliphatic rings. The zero-order valence-corrected chi connectivity index (χ0v) is 17.5. The van der Waals surface area contributed by atoms with Crippen LogP contribution in [0.4, 0.5) is 4.79 Å². The number of thiophene rings is 1. The smallest absolute Gasteiger partial charge is 0.325 e. The number of carbonyl (C=O) groups excluding carboxylic acids is 3. The Kier molecular flexibility index (Phi) is 5.17. The Labute approximate surface area is 174 Å². The number of nitrogens with zero attached hydrogens (tertiary/aromatic N) is 1. The second kappa shape index (κ2) is 7.63. The van der Waals surface area contributed by atoms with E-state index >= 15 is 0 Å².